The zero-order chi connectivity index (χ0) is 16.3. The third-order valence-corrected chi connectivity index (χ3v) is 4.41. The molecule has 0 saturated carbocycles. The molecule has 2 N–H and O–H groups in total. The minimum atomic E-state index is -1.02. The number of carbonyl (C=O) groups is 2. The molecular formula is C19H19NO3. The molecule has 3 rings (SSSR count). The van der Waals surface area contributed by atoms with Gasteiger partial charge in [0.1, 0.15) is 11.9 Å². The number of amides is 1. The van der Waals surface area contributed by atoms with Gasteiger partial charge in [-0.1, -0.05) is 36.4 Å². The van der Waals surface area contributed by atoms with Gasteiger partial charge in [-0.15, -0.1) is 0 Å². The molecule has 0 aliphatic heterocycles. The van der Waals surface area contributed by atoms with E-state index < -0.39 is 5.60 Å². The molecule has 2 aromatic carbocycles. The Hall–Kier alpha value is -2.46. The third kappa shape index (κ3) is 3.17. The van der Waals surface area contributed by atoms with Crippen LogP contribution in [-0.4, -0.2) is 23.8 Å². The van der Waals surface area contributed by atoms with Gasteiger partial charge in [0.2, 0.25) is 0 Å². The van der Waals surface area contributed by atoms with Crippen LogP contribution in [0.4, 0.5) is 0 Å². The molecule has 1 atom stereocenters. The minimum absolute atomic E-state index is 0.179. The van der Waals surface area contributed by atoms with Crippen LogP contribution in [0.15, 0.2) is 48.5 Å². The van der Waals surface area contributed by atoms with Gasteiger partial charge in [-0.2, -0.15) is 0 Å². The van der Waals surface area contributed by atoms with E-state index in [1.54, 1.807) is 24.3 Å². The first kappa shape index (κ1) is 15.4. The second-order valence-corrected chi connectivity index (χ2v) is 5.96. The van der Waals surface area contributed by atoms with Crippen LogP contribution in [0, 0.1) is 0 Å². The van der Waals surface area contributed by atoms with Gasteiger partial charge < -0.3 is 10.4 Å². The highest BCUT2D eigenvalue weighted by atomic mass is 16.3. The van der Waals surface area contributed by atoms with E-state index >= 15 is 0 Å². The van der Waals surface area contributed by atoms with Gasteiger partial charge in [-0.05, 0) is 42.5 Å². The van der Waals surface area contributed by atoms with Gasteiger partial charge >= 0.3 is 0 Å². The molecule has 2 aromatic rings. The highest BCUT2D eigenvalue weighted by Gasteiger charge is 2.34. The quantitative estimate of drug-likeness (QED) is 0.853. The Balaban J connectivity index is 1.72. The number of benzene rings is 2. The van der Waals surface area contributed by atoms with Crippen molar-refractivity contribution in [3.05, 3.63) is 70.8 Å². The van der Waals surface area contributed by atoms with Crippen molar-refractivity contribution in [1.29, 1.82) is 0 Å². The number of carbonyl (C=O) groups excluding carboxylic acids is 2. The predicted molar refractivity (Wildman–Crippen MR) is 87.4 cm³/mol. The van der Waals surface area contributed by atoms with Crippen LogP contribution in [0.1, 0.15) is 44.7 Å². The molecule has 1 amide bonds. The highest BCUT2D eigenvalue weighted by Crippen LogP contribution is 2.34. The molecule has 1 unspecified atom stereocenters. The van der Waals surface area contributed by atoms with Crippen molar-refractivity contribution in [2.75, 3.05) is 6.54 Å². The predicted octanol–water partition coefficient (Wildman–Crippen LogP) is 2.45. The van der Waals surface area contributed by atoms with Gasteiger partial charge in [0, 0.05) is 11.1 Å². The maximum Gasteiger partial charge on any atom is 0.251 e. The van der Waals surface area contributed by atoms with Crippen LogP contribution in [0.3, 0.4) is 0 Å². The normalized spacial score (nSPS) is 19.7. The maximum atomic E-state index is 12.2. The van der Waals surface area contributed by atoms with Crippen LogP contribution >= 0.6 is 0 Å². The first-order valence-electron chi connectivity index (χ1n) is 7.77. The zero-order valence-corrected chi connectivity index (χ0v) is 12.8. The standard InChI is InChI=1S/C19H19NO3/c21-12-14-7-9-16(10-8-14)18(22)20-13-19(23)11-3-5-15-4-1-2-6-17(15)19/h1-2,4,6-10,12,23H,3,5,11,13H2,(H,20,22). The average Bonchev–Trinajstić information content (AvgIpc) is 2.60. The molecular weight excluding hydrogens is 290 g/mol. The van der Waals surface area contributed by atoms with E-state index in [0.717, 1.165) is 30.3 Å². The Morgan fingerprint density at radius 1 is 1.17 bits per heavy atom. The lowest BCUT2D eigenvalue weighted by molar-refractivity contribution is 0.0189. The lowest BCUT2D eigenvalue weighted by Crippen LogP contribution is -2.43. The molecule has 23 heavy (non-hydrogen) atoms. The zero-order valence-electron chi connectivity index (χ0n) is 12.8. The molecule has 0 bridgehead atoms. The van der Waals surface area contributed by atoms with Gasteiger partial charge in [-0.25, -0.2) is 0 Å². The number of nitrogens with one attached hydrogen (secondary N) is 1. The highest BCUT2D eigenvalue weighted by molar-refractivity contribution is 5.94. The number of fused-ring (bicyclic) bond motifs is 1. The summed E-state index contributed by atoms with van der Waals surface area (Å²) in [6, 6.07) is 14.3. The van der Waals surface area contributed by atoms with E-state index in [9.17, 15) is 14.7 Å². The van der Waals surface area contributed by atoms with E-state index in [1.807, 2.05) is 24.3 Å². The molecule has 0 spiro atoms. The first-order valence-corrected chi connectivity index (χ1v) is 7.77. The number of hydrogen-bond acceptors (Lipinski definition) is 3. The number of aldehydes is 1. The summed E-state index contributed by atoms with van der Waals surface area (Å²) in [7, 11) is 0. The van der Waals surface area contributed by atoms with Gasteiger partial charge in [0.05, 0.1) is 6.54 Å². The lowest BCUT2D eigenvalue weighted by atomic mass is 9.79. The van der Waals surface area contributed by atoms with E-state index in [-0.39, 0.29) is 12.5 Å². The summed E-state index contributed by atoms with van der Waals surface area (Å²) < 4.78 is 0. The van der Waals surface area contributed by atoms with Crippen LogP contribution < -0.4 is 5.32 Å². The Morgan fingerprint density at radius 2 is 1.91 bits per heavy atom. The number of hydrogen-bond donors (Lipinski definition) is 2. The molecule has 0 heterocycles. The Morgan fingerprint density at radius 3 is 2.65 bits per heavy atom. The molecule has 0 saturated heterocycles. The maximum absolute atomic E-state index is 12.2. The Labute approximate surface area is 135 Å². The van der Waals surface area contributed by atoms with Crippen molar-refractivity contribution >= 4 is 12.2 Å². The SMILES string of the molecule is O=Cc1ccc(C(=O)NCC2(O)CCCc3ccccc32)cc1. The summed E-state index contributed by atoms with van der Waals surface area (Å²) in [5.41, 5.74) is 2.03. The van der Waals surface area contributed by atoms with Crippen molar-refractivity contribution in [2.24, 2.45) is 0 Å². The minimum Gasteiger partial charge on any atom is -0.383 e. The summed E-state index contributed by atoms with van der Waals surface area (Å²) >= 11 is 0. The number of aliphatic hydroxyl groups is 1. The molecule has 118 valence electrons. The number of aryl methyl sites for hydroxylation is 1. The molecule has 1 aliphatic carbocycles. The Kier molecular flexibility index (Phi) is 4.26. The summed E-state index contributed by atoms with van der Waals surface area (Å²) in [6.45, 7) is 0.179. The second-order valence-electron chi connectivity index (χ2n) is 5.96. The van der Waals surface area contributed by atoms with Crippen LogP contribution in [0.5, 0.6) is 0 Å². The number of rotatable bonds is 4. The van der Waals surface area contributed by atoms with E-state index in [4.69, 9.17) is 0 Å². The fourth-order valence-corrected chi connectivity index (χ4v) is 3.12. The third-order valence-electron chi connectivity index (χ3n) is 4.41. The van der Waals surface area contributed by atoms with E-state index in [2.05, 4.69) is 5.32 Å². The molecule has 1 aliphatic rings. The summed E-state index contributed by atoms with van der Waals surface area (Å²) in [4.78, 5) is 22.9. The Bertz CT molecular complexity index is 724. The van der Waals surface area contributed by atoms with Crippen molar-refractivity contribution in [3.63, 3.8) is 0 Å². The largest absolute Gasteiger partial charge is 0.383 e. The second kappa shape index (κ2) is 6.34. The summed E-state index contributed by atoms with van der Waals surface area (Å²) in [5.74, 6) is -0.251. The van der Waals surface area contributed by atoms with Gasteiger partial charge in [0.15, 0.2) is 0 Å². The average molecular weight is 309 g/mol. The van der Waals surface area contributed by atoms with Crippen molar-refractivity contribution in [1.82, 2.24) is 5.32 Å². The fourth-order valence-electron chi connectivity index (χ4n) is 3.12. The smallest absolute Gasteiger partial charge is 0.251 e. The molecule has 4 heteroatoms. The molecule has 0 radical (unpaired) electrons. The topological polar surface area (TPSA) is 66.4 Å². The van der Waals surface area contributed by atoms with Gasteiger partial charge in [-0.3, -0.25) is 9.59 Å². The molecule has 4 nitrogen and oxygen atoms in total. The summed E-state index contributed by atoms with van der Waals surface area (Å²) in [6.07, 6.45) is 3.23. The summed E-state index contributed by atoms with van der Waals surface area (Å²) in [5, 5.41) is 13.8. The van der Waals surface area contributed by atoms with Crippen molar-refractivity contribution < 1.29 is 14.7 Å². The van der Waals surface area contributed by atoms with Crippen LogP contribution in [0.25, 0.3) is 0 Å². The van der Waals surface area contributed by atoms with Crippen molar-refractivity contribution in [3.8, 4) is 0 Å². The fraction of sp³-hybridized carbons (Fsp3) is 0.263. The first-order chi connectivity index (χ1) is 11.1. The van der Waals surface area contributed by atoms with E-state index in [1.165, 1.54) is 0 Å². The van der Waals surface area contributed by atoms with Crippen molar-refractivity contribution in [2.45, 2.75) is 24.9 Å². The van der Waals surface area contributed by atoms with Crippen LogP contribution in [0.2, 0.25) is 0 Å². The lowest BCUT2D eigenvalue weighted by Gasteiger charge is -2.34. The van der Waals surface area contributed by atoms with Crippen LogP contribution in [-0.2, 0) is 12.0 Å². The molecule has 0 fully saturated rings. The molecule has 0 aromatic heterocycles. The van der Waals surface area contributed by atoms with E-state index in [0.29, 0.717) is 17.5 Å². The monoisotopic (exact) mass is 309 g/mol. The van der Waals surface area contributed by atoms with Gasteiger partial charge in [0.25, 0.3) is 5.91 Å².